The van der Waals surface area contributed by atoms with E-state index in [0.717, 1.165) is 22.3 Å². The van der Waals surface area contributed by atoms with E-state index in [1.807, 2.05) is 79.7 Å². The smallest absolute Gasteiger partial charge is 0.303 e. The van der Waals surface area contributed by atoms with Gasteiger partial charge in [-0.2, -0.15) is 0 Å². The maximum Gasteiger partial charge on any atom is 0.303 e. The molecule has 4 aromatic carbocycles. The standard InChI is InChI=1S/C38H39NO9/c1-24(31-10-6-11-33(32(31)14-16-37(42)43)45-17-7-12-36(40)41)18-25(2)48-30-20-27(26-13-15-34-35(22-26)47-23-46-34)19-28(21-30)38(44)39-29-8-4-3-5-9-29/h3-6,8-11,13,15,19-22,24-25H,7,12,14,16-18,23H2,1-2H3,(H,39,44)(H,40,41)(H,42,43). The van der Waals surface area contributed by atoms with E-state index in [1.165, 1.54) is 0 Å². The number of anilines is 1. The Morgan fingerprint density at radius 1 is 0.833 bits per heavy atom. The number of fused-ring (bicyclic) bond motifs is 1. The number of para-hydroxylation sites is 1. The molecule has 0 aromatic heterocycles. The molecule has 1 amide bonds. The van der Waals surface area contributed by atoms with Gasteiger partial charge >= 0.3 is 11.9 Å². The summed E-state index contributed by atoms with van der Waals surface area (Å²) in [4.78, 5) is 35.8. The van der Waals surface area contributed by atoms with Crippen molar-refractivity contribution >= 4 is 23.5 Å². The normalized spacial score (nSPS) is 13.0. The van der Waals surface area contributed by atoms with Crippen LogP contribution in [0.25, 0.3) is 11.1 Å². The number of hydrogen-bond acceptors (Lipinski definition) is 7. The van der Waals surface area contributed by atoms with Gasteiger partial charge in [0, 0.05) is 24.1 Å². The summed E-state index contributed by atoms with van der Waals surface area (Å²) in [6.07, 6.45) is 0.834. The van der Waals surface area contributed by atoms with Gasteiger partial charge in [-0.15, -0.1) is 0 Å². The number of carbonyl (C=O) groups excluding carboxylic acids is 1. The number of hydrogen-bond donors (Lipinski definition) is 3. The van der Waals surface area contributed by atoms with E-state index < -0.39 is 11.9 Å². The average Bonchev–Trinajstić information content (AvgIpc) is 3.54. The molecular weight excluding hydrogens is 614 g/mol. The van der Waals surface area contributed by atoms with Crippen molar-refractivity contribution in [1.29, 1.82) is 0 Å². The first-order valence-electron chi connectivity index (χ1n) is 15.9. The van der Waals surface area contributed by atoms with E-state index in [-0.39, 0.29) is 50.6 Å². The molecule has 0 bridgehead atoms. The van der Waals surface area contributed by atoms with Gasteiger partial charge in [0.05, 0.1) is 12.7 Å². The minimum absolute atomic E-state index is 0.0130. The number of amides is 1. The van der Waals surface area contributed by atoms with Gasteiger partial charge in [-0.1, -0.05) is 43.3 Å². The minimum Gasteiger partial charge on any atom is -0.493 e. The van der Waals surface area contributed by atoms with Crippen LogP contribution in [-0.4, -0.2) is 47.6 Å². The summed E-state index contributed by atoms with van der Waals surface area (Å²) in [5, 5.41) is 21.3. The SMILES string of the molecule is CC(CC(C)c1cccc(OCCCC(=O)O)c1CCC(=O)O)Oc1cc(C(=O)Nc2ccccc2)cc(-c2ccc3c(c2)OCO3)c1. The maximum absolute atomic E-state index is 13.4. The third-order valence-corrected chi connectivity index (χ3v) is 8.01. The number of benzene rings is 4. The van der Waals surface area contributed by atoms with Crippen molar-refractivity contribution < 1.29 is 43.5 Å². The molecule has 0 fully saturated rings. The summed E-state index contributed by atoms with van der Waals surface area (Å²) < 4.78 is 23.4. The van der Waals surface area contributed by atoms with E-state index in [0.29, 0.717) is 47.1 Å². The van der Waals surface area contributed by atoms with Gasteiger partial charge < -0.3 is 34.5 Å². The molecule has 0 spiro atoms. The number of carboxylic acids is 2. The van der Waals surface area contributed by atoms with Crippen molar-refractivity contribution in [1.82, 2.24) is 0 Å². The molecule has 0 radical (unpaired) electrons. The lowest BCUT2D eigenvalue weighted by Gasteiger charge is -2.23. The first kappa shape index (κ1) is 33.8. The largest absolute Gasteiger partial charge is 0.493 e. The number of aliphatic carboxylic acids is 2. The lowest BCUT2D eigenvalue weighted by atomic mass is 9.89. The Kier molecular flexibility index (Phi) is 11.2. The second-order valence-electron chi connectivity index (χ2n) is 11.8. The first-order chi connectivity index (χ1) is 23.2. The van der Waals surface area contributed by atoms with Crippen molar-refractivity contribution in [2.24, 2.45) is 0 Å². The number of rotatable bonds is 16. The van der Waals surface area contributed by atoms with E-state index in [2.05, 4.69) is 12.2 Å². The van der Waals surface area contributed by atoms with Crippen LogP contribution in [0.1, 0.15) is 66.9 Å². The molecule has 10 nitrogen and oxygen atoms in total. The van der Waals surface area contributed by atoms with Crippen molar-refractivity contribution in [3.63, 3.8) is 0 Å². The first-order valence-corrected chi connectivity index (χ1v) is 15.9. The fraction of sp³-hybridized carbons (Fsp3) is 0.289. The highest BCUT2D eigenvalue weighted by molar-refractivity contribution is 6.05. The third kappa shape index (κ3) is 9.06. The minimum atomic E-state index is -0.916. The number of ether oxygens (including phenoxy) is 4. The Morgan fingerprint density at radius 3 is 2.38 bits per heavy atom. The molecule has 1 aliphatic heterocycles. The van der Waals surface area contributed by atoms with Crippen LogP contribution in [0.4, 0.5) is 5.69 Å². The fourth-order valence-corrected chi connectivity index (χ4v) is 5.76. The van der Waals surface area contributed by atoms with Crippen LogP contribution < -0.4 is 24.3 Å². The Bertz CT molecular complexity index is 1750. The molecule has 1 aliphatic rings. The summed E-state index contributed by atoms with van der Waals surface area (Å²) in [5.41, 5.74) is 4.44. The highest BCUT2D eigenvalue weighted by Gasteiger charge is 2.21. The molecule has 48 heavy (non-hydrogen) atoms. The van der Waals surface area contributed by atoms with Crippen LogP contribution in [-0.2, 0) is 16.0 Å². The van der Waals surface area contributed by atoms with E-state index in [4.69, 9.17) is 24.1 Å². The van der Waals surface area contributed by atoms with Gasteiger partial charge in [-0.3, -0.25) is 14.4 Å². The fourth-order valence-electron chi connectivity index (χ4n) is 5.76. The predicted octanol–water partition coefficient (Wildman–Crippen LogP) is 7.56. The molecule has 0 saturated heterocycles. The Balaban J connectivity index is 1.37. The molecule has 5 rings (SSSR count). The summed E-state index contributed by atoms with van der Waals surface area (Å²) in [7, 11) is 0. The summed E-state index contributed by atoms with van der Waals surface area (Å²) in [6.45, 7) is 4.37. The van der Waals surface area contributed by atoms with E-state index in [1.54, 1.807) is 12.1 Å². The van der Waals surface area contributed by atoms with Crippen LogP contribution in [0.3, 0.4) is 0 Å². The lowest BCUT2D eigenvalue weighted by molar-refractivity contribution is -0.138. The molecule has 2 atom stereocenters. The van der Waals surface area contributed by atoms with Crippen LogP contribution in [0.5, 0.6) is 23.0 Å². The van der Waals surface area contributed by atoms with Gasteiger partial charge in [-0.25, -0.2) is 0 Å². The van der Waals surface area contributed by atoms with Gasteiger partial charge in [0.15, 0.2) is 11.5 Å². The molecule has 3 N–H and O–H groups in total. The lowest BCUT2D eigenvalue weighted by Crippen LogP contribution is -2.17. The quantitative estimate of drug-likeness (QED) is 0.105. The summed E-state index contributed by atoms with van der Waals surface area (Å²) in [5.74, 6) is 0.236. The van der Waals surface area contributed by atoms with Gasteiger partial charge in [0.25, 0.3) is 5.91 Å². The summed E-state index contributed by atoms with van der Waals surface area (Å²) in [6, 6.07) is 25.9. The number of carboxylic acid groups (broad SMARTS) is 2. The van der Waals surface area contributed by atoms with Gasteiger partial charge in [-0.05, 0) is 103 Å². The second kappa shape index (κ2) is 15.9. The highest BCUT2D eigenvalue weighted by Crippen LogP contribution is 2.38. The monoisotopic (exact) mass is 653 g/mol. The molecule has 1 heterocycles. The van der Waals surface area contributed by atoms with Gasteiger partial charge in [0.2, 0.25) is 6.79 Å². The zero-order valence-corrected chi connectivity index (χ0v) is 26.9. The molecule has 0 aliphatic carbocycles. The van der Waals surface area contributed by atoms with E-state index >= 15 is 0 Å². The van der Waals surface area contributed by atoms with Crippen molar-refractivity contribution in [3.8, 4) is 34.1 Å². The molecule has 0 saturated carbocycles. The number of carbonyl (C=O) groups is 3. The van der Waals surface area contributed by atoms with Crippen LogP contribution in [0.15, 0.2) is 84.9 Å². The molecular formula is C38H39NO9. The molecule has 10 heteroatoms. The van der Waals surface area contributed by atoms with Crippen molar-refractivity contribution in [3.05, 3.63) is 102 Å². The summed E-state index contributed by atoms with van der Waals surface area (Å²) >= 11 is 0. The molecule has 4 aromatic rings. The van der Waals surface area contributed by atoms with Crippen LogP contribution in [0.2, 0.25) is 0 Å². The number of nitrogens with one attached hydrogen (secondary N) is 1. The predicted molar refractivity (Wildman–Crippen MR) is 180 cm³/mol. The van der Waals surface area contributed by atoms with E-state index in [9.17, 15) is 19.5 Å². The van der Waals surface area contributed by atoms with Crippen LogP contribution in [0, 0.1) is 0 Å². The Hall–Kier alpha value is -5.51. The highest BCUT2D eigenvalue weighted by atomic mass is 16.7. The maximum atomic E-state index is 13.4. The average molecular weight is 654 g/mol. The topological polar surface area (TPSA) is 141 Å². The zero-order valence-electron chi connectivity index (χ0n) is 26.9. The third-order valence-electron chi connectivity index (χ3n) is 8.01. The Labute approximate surface area is 279 Å². The van der Waals surface area contributed by atoms with Gasteiger partial charge in [0.1, 0.15) is 11.5 Å². The Morgan fingerprint density at radius 2 is 1.60 bits per heavy atom. The van der Waals surface area contributed by atoms with Crippen molar-refractivity contribution in [2.75, 3.05) is 18.7 Å². The zero-order chi connectivity index (χ0) is 34.0. The molecule has 2 unspecified atom stereocenters. The van der Waals surface area contributed by atoms with Crippen molar-refractivity contribution in [2.45, 2.75) is 58.0 Å². The van der Waals surface area contributed by atoms with Crippen LogP contribution >= 0.6 is 0 Å². The second-order valence-corrected chi connectivity index (χ2v) is 11.8. The molecule has 250 valence electrons.